The summed E-state index contributed by atoms with van der Waals surface area (Å²) in [4.78, 5) is 61.2. The van der Waals surface area contributed by atoms with E-state index >= 15 is 0 Å². The van der Waals surface area contributed by atoms with Crippen LogP contribution in [0.3, 0.4) is 0 Å². The Labute approximate surface area is 283 Å². The first-order chi connectivity index (χ1) is 23.2. The largest absolute Gasteiger partial charge is 0.467 e. The zero-order valence-corrected chi connectivity index (χ0v) is 28.0. The number of aryl methyl sites for hydroxylation is 1. The second kappa shape index (κ2) is 15.2. The van der Waals surface area contributed by atoms with Crippen molar-refractivity contribution in [1.29, 1.82) is 5.26 Å². The highest BCUT2D eigenvalue weighted by molar-refractivity contribution is 7.98. The molecule has 1 N–H and O–H groups in total. The van der Waals surface area contributed by atoms with Gasteiger partial charge in [0.25, 0.3) is 5.91 Å². The molecule has 2 unspecified atom stereocenters. The molecule has 1 aliphatic heterocycles. The highest BCUT2D eigenvalue weighted by Gasteiger charge is 2.56. The average Bonchev–Trinajstić information content (AvgIpc) is 3.62. The van der Waals surface area contributed by atoms with Crippen molar-refractivity contribution >= 4 is 46.3 Å². The monoisotopic (exact) mass is 666 g/mol. The smallest absolute Gasteiger partial charge is 0.328 e. The minimum atomic E-state index is -1.48. The predicted octanol–water partition coefficient (Wildman–Crippen LogP) is 4.48. The fraction of sp³-hybridized carbons (Fsp3) is 0.333. The summed E-state index contributed by atoms with van der Waals surface area (Å²) in [6.45, 7) is 1.95. The number of esters is 1. The van der Waals surface area contributed by atoms with E-state index in [9.17, 15) is 19.2 Å². The van der Waals surface area contributed by atoms with Crippen LogP contribution in [-0.4, -0.2) is 81.4 Å². The average molecular weight is 667 g/mol. The quantitative estimate of drug-likeness (QED) is 0.154. The summed E-state index contributed by atoms with van der Waals surface area (Å²) in [6.07, 6.45) is 6.79. The van der Waals surface area contributed by atoms with Gasteiger partial charge in [-0.3, -0.25) is 19.4 Å². The van der Waals surface area contributed by atoms with Gasteiger partial charge in [0.1, 0.15) is 18.1 Å². The van der Waals surface area contributed by atoms with Crippen molar-refractivity contribution in [2.45, 2.75) is 44.3 Å². The van der Waals surface area contributed by atoms with Crippen LogP contribution in [0, 0.1) is 11.3 Å². The SMILES string of the molecule is COC(=O)C(CCSC)NC(=O)CN1C(=O)N(CCCc2cncn2Cc2ccc(C#N)cc2)C(=O)C1(C)c1cccc2ccccc12. The summed E-state index contributed by atoms with van der Waals surface area (Å²) in [7, 11) is 1.26. The summed E-state index contributed by atoms with van der Waals surface area (Å²) in [5.74, 6) is -0.935. The van der Waals surface area contributed by atoms with Gasteiger partial charge in [-0.25, -0.2) is 14.6 Å². The zero-order valence-electron chi connectivity index (χ0n) is 27.2. The van der Waals surface area contributed by atoms with E-state index in [1.54, 1.807) is 31.6 Å². The number of fused-ring (bicyclic) bond motifs is 1. The van der Waals surface area contributed by atoms with Crippen molar-refractivity contribution in [2.75, 3.05) is 32.2 Å². The van der Waals surface area contributed by atoms with Gasteiger partial charge in [0.15, 0.2) is 0 Å². The van der Waals surface area contributed by atoms with Crippen molar-refractivity contribution in [3.63, 3.8) is 0 Å². The van der Waals surface area contributed by atoms with Crippen molar-refractivity contribution in [3.8, 4) is 6.07 Å². The number of nitrogens with one attached hydrogen (secondary N) is 1. The second-order valence-corrected chi connectivity index (χ2v) is 12.8. The van der Waals surface area contributed by atoms with Crippen LogP contribution in [0.5, 0.6) is 0 Å². The van der Waals surface area contributed by atoms with E-state index in [-0.39, 0.29) is 6.54 Å². The maximum absolute atomic E-state index is 14.4. The van der Waals surface area contributed by atoms with Gasteiger partial charge >= 0.3 is 12.0 Å². The summed E-state index contributed by atoms with van der Waals surface area (Å²) in [6, 6.07) is 21.2. The lowest BCUT2D eigenvalue weighted by molar-refractivity contribution is -0.145. The Morgan fingerprint density at radius 1 is 1.08 bits per heavy atom. The lowest BCUT2D eigenvalue weighted by Crippen LogP contribution is -2.51. The number of nitrogens with zero attached hydrogens (tertiary/aromatic N) is 5. The van der Waals surface area contributed by atoms with E-state index in [0.717, 1.165) is 22.0 Å². The molecule has 12 heteroatoms. The number of methoxy groups -OCH3 is 1. The van der Waals surface area contributed by atoms with Gasteiger partial charge in [-0.2, -0.15) is 17.0 Å². The Bertz CT molecular complexity index is 1850. The van der Waals surface area contributed by atoms with Crippen LogP contribution >= 0.6 is 11.8 Å². The molecule has 0 saturated carbocycles. The highest BCUT2D eigenvalue weighted by Crippen LogP contribution is 2.40. The molecule has 5 rings (SSSR count). The molecular weight excluding hydrogens is 629 g/mol. The second-order valence-electron chi connectivity index (χ2n) is 11.8. The van der Waals surface area contributed by atoms with E-state index in [2.05, 4.69) is 16.4 Å². The van der Waals surface area contributed by atoms with Gasteiger partial charge in [-0.15, -0.1) is 0 Å². The lowest BCUT2D eigenvalue weighted by atomic mass is 9.86. The van der Waals surface area contributed by atoms with Gasteiger partial charge in [-0.1, -0.05) is 54.6 Å². The summed E-state index contributed by atoms with van der Waals surface area (Å²) in [5, 5.41) is 13.5. The van der Waals surface area contributed by atoms with Gasteiger partial charge in [0, 0.05) is 25.0 Å². The van der Waals surface area contributed by atoms with Crippen LogP contribution in [0.2, 0.25) is 0 Å². The molecular formula is C36H38N6O5S. The molecule has 0 radical (unpaired) electrons. The molecule has 4 aromatic rings. The third-order valence-corrected chi connectivity index (χ3v) is 9.40. The van der Waals surface area contributed by atoms with Gasteiger partial charge in [-0.05, 0) is 72.2 Å². The van der Waals surface area contributed by atoms with Gasteiger partial charge < -0.3 is 14.6 Å². The van der Waals surface area contributed by atoms with Crippen molar-refractivity contribution in [3.05, 3.63) is 102 Å². The number of hydrogen-bond acceptors (Lipinski definition) is 8. The number of hydrogen-bond donors (Lipinski definition) is 1. The molecule has 4 amide bonds. The van der Waals surface area contributed by atoms with Gasteiger partial charge in [0.2, 0.25) is 5.91 Å². The molecule has 2 heterocycles. The predicted molar refractivity (Wildman–Crippen MR) is 183 cm³/mol. The Hall–Kier alpha value is -5.15. The molecule has 248 valence electrons. The molecule has 1 saturated heterocycles. The number of nitriles is 1. The van der Waals surface area contributed by atoms with Crippen LogP contribution in [0.1, 0.15) is 42.1 Å². The number of aromatic nitrogens is 2. The van der Waals surface area contributed by atoms with Crippen LogP contribution < -0.4 is 5.32 Å². The van der Waals surface area contributed by atoms with E-state index in [1.165, 1.54) is 28.7 Å². The maximum atomic E-state index is 14.4. The molecule has 0 aliphatic carbocycles. The minimum absolute atomic E-state index is 0.136. The fourth-order valence-corrected chi connectivity index (χ4v) is 6.62. The van der Waals surface area contributed by atoms with E-state index in [4.69, 9.17) is 10.00 Å². The van der Waals surface area contributed by atoms with Crippen LogP contribution in [0.25, 0.3) is 10.8 Å². The molecule has 48 heavy (non-hydrogen) atoms. The molecule has 0 spiro atoms. The fourth-order valence-electron chi connectivity index (χ4n) is 6.14. The van der Waals surface area contributed by atoms with Crippen LogP contribution in [-0.2, 0) is 37.6 Å². The number of rotatable bonds is 14. The summed E-state index contributed by atoms with van der Waals surface area (Å²) < 4.78 is 6.90. The number of benzene rings is 3. The summed E-state index contributed by atoms with van der Waals surface area (Å²) in [5.41, 5.74) is 1.67. The minimum Gasteiger partial charge on any atom is -0.467 e. The number of carbonyl (C=O) groups is 4. The first kappa shape index (κ1) is 34.2. The number of carbonyl (C=O) groups excluding carboxylic acids is 4. The highest BCUT2D eigenvalue weighted by atomic mass is 32.2. The number of urea groups is 1. The third kappa shape index (κ3) is 7.06. The van der Waals surface area contributed by atoms with E-state index in [0.29, 0.717) is 42.7 Å². The van der Waals surface area contributed by atoms with E-state index < -0.39 is 41.9 Å². The lowest BCUT2D eigenvalue weighted by Gasteiger charge is -2.33. The van der Waals surface area contributed by atoms with Crippen molar-refractivity contribution in [1.82, 2.24) is 24.7 Å². The first-order valence-electron chi connectivity index (χ1n) is 15.7. The molecule has 1 aromatic heterocycles. The zero-order chi connectivity index (χ0) is 34.3. The third-order valence-electron chi connectivity index (χ3n) is 8.76. The number of amides is 4. The van der Waals surface area contributed by atoms with Crippen molar-refractivity contribution in [2.24, 2.45) is 0 Å². The topological polar surface area (TPSA) is 138 Å². The number of thioether (sulfide) groups is 1. The Morgan fingerprint density at radius 3 is 2.56 bits per heavy atom. The molecule has 1 fully saturated rings. The van der Waals surface area contributed by atoms with Crippen LogP contribution in [0.4, 0.5) is 4.79 Å². The molecule has 1 aliphatic rings. The van der Waals surface area contributed by atoms with Crippen molar-refractivity contribution < 1.29 is 23.9 Å². The normalized spacial score (nSPS) is 16.6. The molecule has 0 bridgehead atoms. The maximum Gasteiger partial charge on any atom is 0.328 e. The standard InChI is InChI=1S/C36H38N6O5S/c1-36(30-12-6-9-27-8-4-5-11-29(27)30)34(45)41(35(46)42(36)23-32(43)39-31(17-19-48-3)33(44)47-2)18-7-10-28-21-38-24-40(28)22-26-15-13-25(20-37)14-16-26/h4-6,8-9,11-16,21,24,31H,7,10,17-19,22-23H2,1-3H3,(H,39,43). The molecule has 2 atom stereocenters. The van der Waals surface area contributed by atoms with E-state index in [1.807, 2.05) is 65.4 Å². The summed E-state index contributed by atoms with van der Waals surface area (Å²) >= 11 is 1.53. The molecule has 3 aromatic carbocycles. The number of imide groups is 1. The number of imidazole rings is 1. The Kier molecular flexibility index (Phi) is 10.8. The first-order valence-corrected chi connectivity index (χ1v) is 17.1. The molecule has 11 nitrogen and oxygen atoms in total. The Morgan fingerprint density at radius 2 is 1.83 bits per heavy atom. The Balaban J connectivity index is 1.38. The van der Waals surface area contributed by atoms with Crippen LogP contribution in [0.15, 0.2) is 79.3 Å². The van der Waals surface area contributed by atoms with Gasteiger partial charge in [0.05, 0.1) is 25.1 Å². The number of ether oxygens (including phenoxy) is 1.